The number of sulfonamides is 1. The lowest BCUT2D eigenvalue weighted by Crippen LogP contribution is -2.44. The molecule has 1 aliphatic rings. The van der Waals surface area contributed by atoms with Gasteiger partial charge in [0, 0.05) is 19.6 Å². The van der Waals surface area contributed by atoms with E-state index in [0.29, 0.717) is 65.7 Å². The Morgan fingerprint density at radius 3 is 2.43 bits per heavy atom. The molecule has 0 aromatic heterocycles. The number of benzene rings is 3. The molecule has 0 saturated carbocycles. The van der Waals surface area contributed by atoms with Crippen LogP contribution in [0.15, 0.2) is 60.7 Å². The first kappa shape index (κ1) is 31.6. The summed E-state index contributed by atoms with van der Waals surface area (Å²) in [7, 11) is -0.561. The van der Waals surface area contributed by atoms with E-state index in [1.54, 1.807) is 50.6 Å². The maximum absolute atomic E-state index is 13.2. The summed E-state index contributed by atoms with van der Waals surface area (Å²) in [6.45, 7) is 0.743. The predicted molar refractivity (Wildman–Crippen MR) is 164 cm³/mol. The quantitative estimate of drug-likeness (QED) is 0.301. The minimum atomic E-state index is -3.70. The third-order valence-electron chi connectivity index (χ3n) is 7.06. The topological polar surface area (TPSA) is 114 Å². The van der Waals surface area contributed by atoms with Crippen LogP contribution in [0.25, 0.3) is 0 Å². The van der Waals surface area contributed by atoms with E-state index < -0.39 is 15.9 Å². The van der Waals surface area contributed by atoms with Gasteiger partial charge in [-0.05, 0) is 66.8 Å². The fourth-order valence-corrected chi connectivity index (χ4v) is 6.74. The van der Waals surface area contributed by atoms with Crippen molar-refractivity contribution in [3.8, 4) is 11.5 Å². The Balaban J connectivity index is 1.36. The van der Waals surface area contributed by atoms with Crippen molar-refractivity contribution in [2.75, 3.05) is 39.2 Å². The normalized spacial score (nSPS) is 15.6. The number of piperidine rings is 1. The number of amides is 2. The van der Waals surface area contributed by atoms with Gasteiger partial charge in [-0.3, -0.25) is 9.59 Å². The summed E-state index contributed by atoms with van der Waals surface area (Å²) in [4.78, 5) is 26.3. The number of carbonyl (C=O) groups excluding carboxylic acids is 2. The Labute approximate surface area is 256 Å². The van der Waals surface area contributed by atoms with Crippen molar-refractivity contribution >= 4 is 50.7 Å². The number of nitrogens with one attached hydrogen (secondary N) is 2. The van der Waals surface area contributed by atoms with Crippen LogP contribution in [0.3, 0.4) is 0 Å². The molecule has 1 atom stereocenters. The van der Waals surface area contributed by atoms with Gasteiger partial charge in [0.25, 0.3) is 5.91 Å². The lowest BCUT2D eigenvalue weighted by molar-refractivity contribution is -0.120. The summed E-state index contributed by atoms with van der Waals surface area (Å²) in [5.41, 5.74) is 2.16. The molecule has 0 bridgehead atoms. The number of hydrogen-bond donors (Lipinski definition) is 2. The zero-order chi connectivity index (χ0) is 30.3. The molecule has 42 heavy (non-hydrogen) atoms. The van der Waals surface area contributed by atoms with Crippen LogP contribution < -0.4 is 20.1 Å². The van der Waals surface area contributed by atoms with E-state index >= 15 is 0 Å². The average molecular weight is 635 g/mol. The number of methoxy groups -OCH3 is 2. The van der Waals surface area contributed by atoms with Crippen molar-refractivity contribution < 1.29 is 27.5 Å². The first-order chi connectivity index (χ1) is 20.1. The van der Waals surface area contributed by atoms with Crippen LogP contribution in [-0.4, -0.2) is 58.4 Å². The number of ether oxygens (including phenoxy) is 2. The van der Waals surface area contributed by atoms with Crippen molar-refractivity contribution in [1.82, 2.24) is 9.62 Å². The molecule has 224 valence electrons. The van der Waals surface area contributed by atoms with Gasteiger partial charge in [-0.15, -0.1) is 0 Å². The summed E-state index contributed by atoms with van der Waals surface area (Å²) in [6, 6.07) is 17.0. The van der Waals surface area contributed by atoms with E-state index in [4.69, 9.17) is 32.7 Å². The van der Waals surface area contributed by atoms with Crippen molar-refractivity contribution in [2.24, 2.45) is 5.92 Å². The Kier molecular flexibility index (Phi) is 10.7. The molecule has 4 rings (SSSR count). The van der Waals surface area contributed by atoms with E-state index in [0.717, 1.165) is 5.56 Å². The number of anilines is 1. The molecule has 1 fully saturated rings. The second kappa shape index (κ2) is 14.2. The van der Waals surface area contributed by atoms with Gasteiger partial charge >= 0.3 is 0 Å². The fraction of sp³-hybridized carbons (Fsp3) is 0.333. The van der Waals surface area contributed by atoms with Gasteiger partial charge in [0.2, 0.25) is 15.9 Å². The number of hydrogen-bond acceptors (Lipinski definition) is 6. The average Bonchev–Trinajstić information content (AvgIpc) is 2.99. The van der Waals surface area contributed by atoms with E-state index in [1.165, 1.54) is 10.4 Å². The molecule has 1 saturated heterocycles. The molecule has 9 nitrogen and oxygen atoms in total. The number of rotatable bonds is 11. The van der Waals surface area contributed by atoms with Crippen molar-refractivity contribution in [3.05, 3.63) is 87.4 Å². The highest BCUT2D eigenvalue weighted by molar-refractivity contribution is 7.88. The summed E-state index contributed by atoms with van der Waals surface area (Å²) < 4.78 is 38.2. The summed E-state index contributed by atoms with van der Waals surface area (Å²) in [5.74, 6) is -0.248. The van der Waals surface area contributed by atoms with E-state index in [1.807, 2.05) is 18.2 Å². The number of para-hydroxylation sites is 1. The maximum Gasteiger partial charge on any atom is 0.253 e. The zero-order valence-electron chi connectivity index (χ0n) is 23.4. The van der Waals surface area contributed by atoms with Crippen molar-refractivity contribution in [1.29, 1.82) is 0 Å². The molecule has 2 amide bonds. The fourth-order valence-electron chi connectivity index (χ4n) is 4.82. The highest BCUT2D eigenvalue weighted by Crippen LogP contribution is 2.28. The largest absolute Gasteiger partial charge is 0.493 e. The van der Waals surface area contributed by atoms with E-state index in [-0.39, 0.29) is 29.1 Å². The number of halogens is 2. The van der Waals surface area contributed by atoms with Gasteiger partial charge in [0.15, 0.2) is 11.5 Å². The van der Waals surface area contributed by atoms with Gasteiger partial charge in [-0.1, -0.05) is 47.5 Å². The molecular formula is C30H33Cl2N3O6S. The Morgan fingerprint density at radius 2 is 1.69 bits per heavy atom. The third-order valence-corrected chi connectivity index (χ3v) is 9.61. The lowest BCUT2D eigenvalue weighted by Gasteiger charge is -2.31. The molecule has 2 N–H and O–H groups in total. The van der Waals surface area contributed by atoms with Gasteiger partial charge < -0.3 is 20.1 Å². The standard InChI is InChI=1S/C30H33Cl2N3O6S/c1-40-27-12-10-20(17-28(27)41-2)13-14-33-30(37)23-7-3-4-8-26(23)34-29(36)22-6-5-15-35(18-22)42(38,39)19-21-9-11-24(31)25(32)16-21/h3-4,7-12,16-17,22H,5-6,13-15,18-19H2,1-2H3,(H,33,37)(H,34,36). The first-order valence-electron chi connectivity index (χ1n) is 13.4. The van der Waals surface area contributed by atoms with Crippen LogP contribution >= 0.6 is 23.2 Å². The second-order valence-corrected chi connectivity index (χ2v) is 12.7. The van der Waals surface area contributed by atoms with Gasteiger partial charge in [0.1, 0.15) is 0 Å². The summed E-state index contributed by atoms with van der Waals surface area (Å²) in [5, 5.41) is 6.37. The van der Waals surface area contributed by atoms with Crippen LogP contribution in [0, 0.1) is 5.92 Å². The second-order valence-electron chi connectivity index (χ2n) is 9.93. The smallest absolute Gasteiger partial charge is 0.253 e. The molecule has 0 aliphatic carbocycles. The van der Waals surface area contributed by atoms with Crippen molar-refractivity contribution in [3.63, 3.8) is 0 Å². The third kappa shape index (κ3) is 7.95. The molecule has 1 heterocycles. The van der Waals surface area contributed by atoms with E-state index in [9.17, 15) is 18.0 Å². The minimum Gasteiger partial charge on any atom is -0.493 e. The molecule has 1 aliphatic heterocycles. The predicted octanol–water partition coefficient (Wildman–Crippen LogP) is 5.16. The molecule has 0 radical (unpaired) electrons. The van der Waals surface area contributed by atoms with E-state index in [2.05, 4.69) is 10.6 Å². The van der Waals surface area contributed by atoms with Crippen LogP contribution in [0.1, 0.15) is 34.3 Å². The highest BCUT2D eigenvalue weighted by atomic mass is 35.5. The van der Waals surface area contributed by atoms with Gasteiger partial charge in [0.05, 0.1) is 47.2 Å². The summed E-state index contributed by atoms with van der Waals surface area (Å²) >= 11 is 12.0. The molecule has 12 heteroatoms. The van der Waals surface area contributed by atoms with Gasteiger partial charge in [-0.2, -0.15) is 0 Å². The summed E-state index contributed by atoms with van der Waals surface area (Å²) in [6.07, 6.45) is 1.64. The van der Waals surface area contributed by atoms with Crippen LogP contribution in [0.5, 0.6) is 11.5 Å². The van der Waals surface area contributed by atoms with Crippen LogP contribution in [0.2, 0.25) is 10.0 Å². The zero-order valence-corrected chi connectivity index (χ0v) is 25.7. The molecular weight excluding hydrogens is 601 g/mol. The molecule has 3 aromatic carbocycles. The molecule has 3 aromatic rings. The number of nitrogens with zero attached hydrogens (tertiary/aromatic N) is 1. The SMILES string of the molecule is COc1ccc(CCNC(=O)c2ccccc2NC(=O)C2CCCN(S(=O)(=O)Cc3ccc(Cl)c(Cl)c3)C2)cc1OC. The Bertz CT molecular complexity index is 1550. The highest BCUT2D eigenvalue weighted by Gasteiger charge is 2.33. The molecule has 1 unspecified atom stereocenters. The van der Waals surface area contributed by atoms with Crippen LogP contribution in [0.4, 0.5) is 5.69 Å². The number of carbonyl (C=O) groups is 2. The van der Waals surface area contributed by atoms with Crippen LogP contribution in [-0.2, 0) is 27.0 Å². The Morgan fingerprint density at radius 1 is 0.952 bits per heavy atom. The lowest BCUT2D eigenvalue weighted by atomic mass is 9.98. The van der Waals surface area contributed by atoms with Crippen molar-refractivity contribution in [2.45, 2.75) is 25.0 Å². The monoisotopic (exact) mass is 633 g/mol. The molecule has 0 spiro atoms. The first-order valence-corrected chi connectivity index (χ1v) is 15.8. The van der Waals surface area contributed by atoms with Gasteiger partial charge in [-0.25, -0.2) is 12.7 Å². The maximum atomic E-state index is 13.2. The minimum absolute atomic E-state index is 0.0508. The Hall–Kier alpha value is -3.31.